The molecule has 128 valence electrons. The smallest absolute Gasteiger partial charge is 0.115 e. The lowest BCUT2D eigenvalue weighted by Crippen LogP contribution is -2.62. The standard InChI is InChI=1S/C12H20O10/c13-3-1-21-11(7(17)5(3)15)9(19)10(20)12-8(18)6(16)4(14)2-22-12/h1-20H/t3-,4-,5+,6+,7-,8-,9?,10?,11-,12-/m0/s1. The second-order valence-corrected chi connectivity index (χ2v) is 5.40. The topological polar surface area (TPSA) is 180 Å². The highest BCUT2D eigenvalue weighted by molar-refractivity contribution is 5.01. The van der Waals surface area contributed by atoms with Crippen molar-refractivity contribution in [2.75, 3.05) is 0 Å². The minimum atomic E-state index is -1.82. The molecule has 10 nitrogen and oxygen atoms in total. The molecule has 2 heterocycles. The van der Waals surface area contributed by atoms with Gasteiger partial charge in [0.25, 0.3) is 0 Å². The summed E-state index contributed by atoms with van der Waals surface area (Å²) >= 11 is 0. The molecule has 0 aromatic rings. The van der Waals surface area contributed by atoms with Crippen molar-refractivity contribution in [3.63, 3.8) is 0 Å². The highest BCUT2D eigenvalue weighted by atomic mass is 16.6. The van der Waals surface area contributed by atoms with Crippen LogP contribution in [0, 0.1) is 13.2 Å². The predicted molar refractivity (Wildman–Crippen MR) is 66.4 cm³/mol. The Bertz CT molecular complexity index is 334. The molecule has 8 N–H and O–H groups in total. The molecule has 22 heavy (non-hydrogen) atoms. The van der Waals surface area contributed by atoms with Gasteiger partial charge in [0.05, 0.1) is 0 Å². The first-order valence-corrected chi connectivity index (χ1v) is 6.68. The molecule has 0 aliphatic carbocycles. The Labute approximate surface area is 125 Å². The Kier molecular flexibility index (Phi) is 5.72. The van der Waals surface area contributed by atoms with E-state index in [1.165, 1.54) is 0 Å². The van der Waals surface area contributed by atoms with Gasteiger partial charge in [-0.05, 0) is 0 Å². The highest BCUT2D eigenvalue weighted by Crippen LogP contribution is 2.27. The molecule has 2 radical (unpaired) electrons. The van der Waals surface area contributed by atoms with Crippen LogP contribution >= 0.6 is 0 Å². The fourth-order valence-corrected chi connectivity index (χ4v) is 2.41. The summed E-state index contributed by atoms with van der Waals surface area (Å²) in [6.07, 6.45) is -16.2. The van der Waals surface area contributed by atoms with Crippen LogP contribution < -0.4 is 0 Å². The number of rotatable bonds is 3. The van der Waals surface area contributed by atoms with Crippen LogP contribution in [0.15, 0.2) is 0 Å². The number of hydrogen-bond acceptors (Lipinski definition) is 10. The number of aliphatic hydroxyl groups excluding tert-OH is 8. The molecule has 2 saturated heterocycles. The Balaban J connectivity index is 2.04. The Morgan fingerprint density at radius 2 is 0.909 bits per heavy atom. The predicted octanol–water partition coefficient (Wildman–Crippen LogP) is -5.01. The van der Waals surface area contributed by atoms with Crippen molar-refractivity contribution in [3.8, 4) is 0 Å². The monoisotopic (exact) mass is 324 g/mol. The highest BCUT2D eigenvalue weighted by Gasteiger charge is 2.49. The minimum Gasteiger partial charge on any atom is -0.387 e. The maximum Gasteiger partial charge on any atom is 0.115 e. The number of aliphatic hydroxyl groups is 8. The first-order valence-electron chi connectivity index (χ1n) is 6.68. The maximum absolute atomic E-state index is 10.0. The van der Waals surface area contributed by atoms with E-state index in [9.17, 15) is 40.9 Å². The van der Waals surface area contributed by atoms with Gasteiger partial charge >= 0.3 is 0 Å². The van der Waals surface area contributed by atoms with Gasteiger partial charge in [-0.3, -0.25) is 0 Å². The van der Waals surface area contributed by atoms with Crippen molar-refractivity contribution in [2.24, 2.45) is 0 Å². The van der Waals surface area contributed by atoms with Gasteiger partial charge in [-0.15, -0.1) is 0 Å². The zero-order valence-corrected chi connectivity index (χ0v) is 11.3. The Hall–Kier alpha value is -0.400. The third-order valence-corrected chi connectivity index (χ3v) is 3.85. The van der Waals surface area contributed by atoms with Crippen molar-refractivity contribution in [1.29, 1.82) is 0 Å². The second kappa shape index (κ2) is 7.01. The second-order valence-electron chi connectivity index (χ2n) is 5.40. The van der Waals surface area contributed by atoms with Crippen molar-refractivity contribution >= 4 is 0 Å². The summed E-state index contributed by atoms with van der Waals surface area (Å²) in [6.45, 7) is 1.59. The summed E-state index contributed by atoms with van der Waals surface area (Å²) in [6, 6.07) is 0. The van der Waals surface area contributed by atoms with Gasteiger partial charge in [-0.1, -0.05) is 0 Å². The third-order valence-electron chi connectivity index (χ3n) is 3.85. The van der Waals surface area contributed by atoms with Gasteiger partial charge in [-0.2, -0.15) is 0 Å². The number of hydrogen-bond donors (Lipinski definition) is 8. The normalized spacial score (nSPS) is 49.6. The van der Waals surface area contributed by atoms with Crippen LogP contribution in [-0.2, 0) is 9.47 Å². The Morgan fingerprint density at radius 3 is 1.23 bits per heavy atom. The van der Waals surface area contributed by atoms with E-state index in [4.69, 9.17) is 9.47 Å². The van der Waals surface area contributed by atoms with E-state index in [1.54, 1.807) is 0 Å². The molecule has 0 bridgehead atoms. The van der Waals surface area contributed by atoms with E-state index in [1.807, 2.05) is 0 Å². The van der Waals surface area contributed by atoms with Crippen LogP contribution in [0.5, 0.6) is 0 Å². The van der Waals surface area contributed by atoms with Crippen LogP contribution in [0.25, 0.3) is 0 Å². The molecule has 0 saturated carbocycles. The van der Waals surface area contributed by atoms with Crippen molar-refractivity contribution in [1.82, 2.24) is 0 Å². The van der Waals surface area contributed by atoms with Crippen LogP contribution in [0.2, 0.25) is 0 Å². The van der Waals surface area contributed by atoms with Gasteiger partial charge in [-0.25, -0.2) is 0 Å². The summed E-state index contributed by atoms with van der Waals surface area (Å²) in [5.74, 6) is 0. The average Bonchev–Trinajstić information content (AvgIpc) is 2.49. The van der Waals surface area contributed by atoms with Crippen molar-refractivity contribution < 1.29 is 50.3 Å². The van der Waals surface area contributed by atoms with Gasteiger partial charge < -0.3 is 50.3 Å². The summed E-state index contributed by atoms with van der Waals surface area (Å²) in [5.41, 5.74) is 0. The molecule has 0 aromatic carbocycles. The lowest BCUT2D eigenvalue weighted by atomic mass is 9.88. The molecule has 10 atom stereocenters. The van der Waals surface area contributed by atoms with Gasteiger partial charge in [0.15, 0.2) is 0 Å². The Morgan fingerprint density at radius 1 is 0.591 bits per heavy atom. The average molecular weight is 324 g/mol. The molecule has 0 aromatic heterocycles. The minimum absolute atomic E-state index is 0.793. The van der Waals surface area contributed by atoms with Crippen molar-refractivity contribution in [3.05, 3.63) is 13.2 Å². The first kappa shape index (κ1) is 17.9. The molecule has 2 aliphatic heterocycles. The van der Waals surface area contributed by atoms with E-state index in [-0.39, 0.29) is 0 Å². The summed E-state index contributed by atoms with van der Waals surface area (Å²) in [4.78, 5) is 0. The largest absolute Gasteiger partial charge is 0.387 e. The summed E-state index contributed by atoms with van der Waals surface area (Å²) in [7, 11) is 0. The molecule has 2 unspecified atom stereocenters. The molecule has 2 rings (SSSR count). The van der Waals surface area contributed by atoms with E-state index in [0.29, 0.717) is 0 Å². The quantitative estimate of drug-likeness (QED) is 0.250. The van der Waals surface area contributed by atoms with E-state index in [2.05, 4.69) is 0 Å². The molecule has 2 fully saturated rings. The summed E-state index contributed by atoms with van der Waals surface area (Å²) in [5, 5.41) is 77.2. The van der Waals surface area contributed by atoms with E-state index >= 15 is 0 Å². The number of ether oxygens (including phenoxy) is 2. The van der Waals surface area contributed by atoms with E-state index < -0.39 is 61.0 Å². The lowest BCUT2D eigenvalue weighted by Gasteiger charge is -2.42. The van der Waals surface area contributed by atoms with Gasteiger partial charge in [0, 0.05) is 0 Å². The van der Waals surface area contributed by atoms with Crippen LogP contribution in [0.1, 0.15) is 0 Å². The SMILES string of the molecule is OC(C(O)[C@H]1O[CH][C@H](O)[C@@H](O)[C@@H]1O)[C@H]1O[CH][C@H](O)[C@@H](O)[C@@H]1O. The molecule has 0 spiro atoms. The fraction of sp³-hybridized carbons (Fsp3) is 0.833. The first-order chi connectivity index (χ1) is 10.3. The maximum atomic E-state index is 10.0. The molecular formula is C12H20O10. The molecule has 10 heteroatoms. The fourth-order valence-electron chi connectivity index (χ4n) is 2.41. The molecule has 0 amide bonds. The third kappa shape index (κ3) is 3.26. The van der Waals surface area contributed by atoms with Gasteiger partial charge in [0.2, 0.25) is 0 Å². The van der Waals surface area contributed by atoms with Crippen LogP contribution in [0.4, 0.5) is 0 Å². The van der Waals surface area contributed by atoms with Gasteiger partial charge in [0.1, 0.15) is 74.3 Å². The molecular weight excluding hydrogens is 304 g/mol. The lowest BCUT2D eigenvalue weighted by molar-refractivity contribution is -0.234. The molecule has 2 aliphatic rings. The summed E-state index contributed by atoms with van der Waals surface area (Å²) < 4.78 is 9.75. The van der Waals surface area contributed by atoms with E-state index in [0.717, 1.165) is 13.2 Å². The van der Waals surface area contributed by atoms with Crippen molar-refractivity contribution in [2.45, 2.75) is 61.0 Å². The zero-order chi connectivity index (χ0) is 16.6. The zero-order valence-electron chi connectivity index (χ0n) is 11.3. The van der Waals surface area contributed by atoms with Crippen LogP contribution in [-0.4, -0.2) is 102 Å². The van der Waals surface area contributed by atoms with Crippen LogP contribution in [0.3, 0.4) is 0 Å².